The smallest absolute Gasteiger partial charge is 0.145 e. The van der Waals surface area contributed by atoms with Crippen molar-refractivity contribution in [3.8, 4) is 0 Å². The summed E-state index contributed by atoms with van der Waals surface area (Å²) in [5.74, 6) is 0. The highest BCUT2D eigenvalue weighted by molar-refractivity contribution is 3.84. The third-order valence-electron chi connectivity index (χ3n) is 0.236. The molecule has 0 radical (unpaired) electrons. The second-order valence-corrected chi connectivity index (χ2v) is 1.10. The van der Waals surface area contributed by atoms with Gasteiger partial charge >= 0.3 is 0 Å². The fourth-order valence-electron chi connectivity index (χ4n) is 0.118. The molecule has 0 aromatic rings. The molecule has 0 aliphatic rings. The van der Waals surface area contributed by atoms with Crippen LogP contribution in [-0.4, -0.2) is 35.2 Å². The first kappa shape index (κ1) is 10.8. The van der Waals surface area contributed by atoms with Crippen molar-refractivity contribution in [3.05, 3.63) is 0 Å². The molecular formula is C5H14O3. The Morgan fingerprint density at radius 3 is 1.12 bits per heavy atom. The molecular weight excluding hydrogens is 108 g/mol. The van der Waals surface area contributed by atoms with Crippen molar-refractivity contribution in [1.82, 2.24) is 0 Å². The van der Waals surface area contributed by atoms with Crippen LogP contribution in [0.1, 0.15) is 0 Å². The summed E-state index contributed by atoms with van der Waals surface area (Å²) in [6.07, 6.45) is 0. The van der Waals surface area contributed by atoms with Crippen LogP contribution < -0.4 is 0 Å². The van der Waals surface area contributed by atoms with Gasteiger partial charge in [-0.3, -0.25) is 0 Å². The van der Waals surface area contributed by atoms with Crippen molar-refractivity contribution in [1.29, 1.82) is 0 Å². The van der Waals surface area contributed by atoms with Crippen molar-refractivity contribution < 1.29 is 14.2 Å². The second-order valence-electron chi connectivity index (χ2n) is 1.10. The van der Waals surface area contributed by atoms with Crippen LogP contribution in [0.3, 0.4) is 0 Å². The molecule has 0 aromatic heterocycles. The lowest BCUT2D eigenvalue weighted by molar-refractivity contribution is -0.00271. The second kappa shape index (κ2) is 15.8. The predicted molar refractivity (Wildman–Crippen MR) is 31.8 cm³/mol. The molecule has 0 amide bonds. The molecule has 0 bridgehead atoms. The van der Waals surface area contributed by atoms with E-state index in [1.54, 1.807) is 28.4 Å². The summed E-state index contributed by atoms with van der Waals surface area (Å²) in [5, 5.41) is 0. The first-order valence-corrected chi connectivity index (χ1v) is 2.21. The summed E-state index contributed by atoms with van der Waals surface area (Å²) < 4.78 is 13.2. The molecule has 3 nitrogen and oxygen atoms in total. The Morgan fingerprint density at radius 2 is 1.12 bits per heavy atom. The first-order chi connectivity index (χ1) is 3.83. The van der Waals surface area contributed by atoms with Crippen LogP contribution in [0.2, 0.25) is 0 Å². The molecule has 8 heavy (non-hydrogen) atoms. The lowest BCUT2D eigenvalue weighted by Crippen LogP contribution is -1.87. The van der Waals surface area contributed by atoms with Gasteiger partial charge in [0.05, 0.1) is 0 Å². The standard InChI is InChI=1S/C3H8O2.C2H6O/c1-4-3-5-2;1-3-2/h3H2,1-2H3;1-2H3. The Hall–Kier alpha value is -0.120. The van der Waals surface area contributed by atoms with E-state index in [0.29, 0.717) is 6.79 Å². The van der Waals surface area contributed by atoms with E-state index in [9.17, 15) is 0 Å². The molecule has 0 spiro atoms. The van der Waals surface area contributed by atoms with E-state index < -0.39 is 0 Å². The minimum absolute atomic E-state index is 0.389. The van der Waals surface area contributed by atoms with Crippen molar-refractivity contribution in [2.75, 3.05) is 35.2 Å². The summed E-state index contributed by atoms with van der Waals surface area (Å²) in [6, 6.07) is 0. The van der Waals surface area contributed by atoms with Gasteiger partial charge in [0, 0.05) is 28.4 Å². The van der Waals surface area contributed by atoms with Crippen molar-refractivity contribution in [3.63, 3.8) is 0 Å². The topological polar surface area (TPSA) is 27.7 Å². The molecule has 52 valence electrons. The Morgan fingerprint density at radius 1 is 0.875 bits per heavy atom. The van der Waals surface area contributed by atoms with Gasteiger partial charge < -0.3 is 14.2 Å². The number of rotatable bonds is 2. The Labute approximate surface area is 50.5 Å². The fourth-order valence-corrected chi connectivity index (χ4v) is 0.118. The van der Waals surface area contributed by atoms with Gasteiger partial charge in [-0.25, -0.2) is 0 Å². The van der Waals surface area contributed by atoms with Crippen LogP contribution in [0.5, 0.6) is 0 Å². The van der Waals surface area contributed by atoms with E-state index in [-0.39, 0.29) is 0 Å². The maximum Gasteiger partial charge on any atom is 0.145 e. The highest BCUT2D eigenvalue weighted by atomic mass is 16.6. The zero-order valence-corrected chi connectivity index (χ0v) is 5.93. The highest BCUT2D eigenvalue weighted by Gasteiger charge is 1.63. The number of methoxy groups -OCH3 is 3. The van der Waals surface area contributed by atoms with E-state index in [1.165, 1.54) is 0 Å². The number of ether oxygens (including phenoxy) is 3. The highest BCUT2D eigenvalue weighted by Crippen LogP contribution is 1.60. The largest absolute Gasteiger partial charge is 0.388 e. The van der Waals surface area contributed by atoms with Gasteiger partial charge in [-0.05, 0) is 0 Å². The summed E-state index contributed by atoms with van der Waals surface area (Å²) in [5.41, 5.74) is 0. The average Bonchev–Trinajstić information content (AvgIpc) is 1.71. The minimum atomic E-state index is 0.389. The van der Waals surface area contributed by atoms with Crippen LogP contribution in [0.15, 0.2) is 0 Å². The maximum atomic E-state index is 4.47. The normalized spacial score (nSPS) is 7.50. The van der Waals surface area contributed by atoms with E-state index >= 15 is 0 Å². The zero-order valence-electron chi connectivity index (χ0n) is 5.93. The molecule has 0 aliphatic heterocycles. The zero-order chi connectivity index (χ0) is 6.83. The van der Waals surface area contributed by atoms with Gasteiger partial charge in [0.15, 0.2) is 0 Å². The van der Waals surface area contributed by atoms with Gasteiger partial charge in [0.1, 0.15) is 6.79 Å². The molecule has 0 unspecified atom stereocenters. The lowest BCUT2D eigenvalue weighted by atomic mass is 11.4. The monoisotopic (exact) mass is 122 g/mol. The number of hydrogen-bond acceptors (Lipinski definition) is 3. The van der Waals surface area contributed by atoms with E-state index in [4.69, 9.17) is 0 Å². The summed E-state index contributed by atoms with van der Waals surface area (Å²) >= 11 is 0. The molecule has 0 aliphatic carbocycles. The van der Waals surface area contributed by atoms with Gasteiger partial charge in [0.2, 0.25) is 0 Å². The predicted octanol–water partition coefficient (Wildman–Crippen LogP) is 0.499. The van der Waals surface area contributed by atoms with Crippen LogP contribution >= 0.6 is 0 Å². The van der Waals surface area contributed by atoms with Crippen LogP contribution in [0.4, 0.5) is 0 Å². The quantitative estimate of drug-likeness (QED) is 0.499. The van der Waals surface area contributed by atoms with E-state index in [0.717, 1.165) is 0 Å². The fraction of sp³-hybridized carbons (Fsp3) is 1.00. The third-order valence-corrected chi connectivity index (χ3v) is 0.236. The molecule has 0 atom stereocenters. The first-order valence-electron chi connectivity index (χ1n) is 2.21. The molecule has 0 N–H and O–H groups in total. The summed E-state index contributed by atoms with van der Waals surface area (Å²) in [6.45, 7) is 0.389. The van der Waals surface area contributed by atoms with Crippen LogP contribution in [0, 0.1) is 0 Å². The van der Waals surface area contributed by atoms with Crippen LogP contribution in [-0.2, 0) is 14.2 Å². The SMILES string of the molecule is COC.COCOC. The molecule has 3 heteroatoms. The molecule has 0 fully saturated rings. The molecule has 0 heterocycles. The third kappa shape index (κ3) is 39.6. The summed E-state index contributed by atoms with van der Waals surface area (Å²) in [4.78, 5) is 0. The van der Waals surface area contributed by atoms with Crippen molar-refractivity contribution >= 4 is 0 Å². The lowest BCUT2D eigenvalue weighted by Gasteiger charge is -1.87. The van der Waals surface area contributed by atoms with E-state index in [2.05, 4.69) is 14.2 Å². The number of hydrogen-bond donors (Lipinski definition) is 0. The molecule has 0 saturated carbocycles. The molecule has 0 aromatic carbocycles. The Balaban J connectivity index is 0. The maximum absolute atomic E-state index is 4.47. The van der Waals surface area contributed by atoms with Gasteiger partial charge in [0.25, 0.3) is 0 Å². The molecule has 0 saturated heterocycles. The minimum Gasteiger partial charge on any atom is -0.388 e. The Bertz CT molecular complexity index is 21.6. The molecule has 0 rings (SSSR count). The van der Waals surface area contributed by atoms with Crippen molar-refractivity contribution in [2.45, 2.75) is 0 Å². The van der Waals surface area contributed by atoms with Gasteiger partial charge in [-0.2, -0.15) is 0 Å². The average molecular weight is 122 g/mol. The van der Waals surface area contributed by atoms with Crippen LogP contribution in [0.25, 0.3) is 0 Å². The van der Waals surface area contributed by atoms with Gasteiger partial charge in [-0.15, -0.1) is 0 Å². The van der Waals surface area contributed by atoms with E-state index in [1.807, 2.05) is 0 Å². The summed E-state index contributed by atoms with van der Waals surface area (Å²) in [7, 11) is 6.42. The van der Waals surface area contributed by atoms with Crippen molar-refractivity contribution in [2.24, 2.45) is 0 Å². The van der Waals surface area contributed by atoms with Gasteiger partial charge in [-0.1, -0.05) is 0 Å². The Kier molecular flexibility index (Phi) is 21.3.